The second kappa shape index (κ2) is 8.91. The van der Waals surface area contributed by atoms with Gasteiger partial charge in [-0.05, 0) is 66.0 Å². The molecular weight excluding hydrogens is 479 g/mol. The zero-order chi connectivity index (χ0) is 23.2. The molecule has 3 aromatic rings. The number of piperidine rings is 1. The summed E-state index contributed by atoms with van der Waals surface area (Å²) < 4.78 is 27.3. The molecule has 1 aliphatic heterocycles. The molecule has 0 radical (unpaired) electrons. The van der Waals surface area contributed by atoms with Gasteiger partial charge < -0.3 is 5.32 Å². The van der Waals surface area contributed by atoms with Gasteiger partial charge in [0.2, 0.25) is 15.9 Å². The lowest BCUT2D eigenvalue weighted by Gasteiger charge is -2.30. The first-order valence-electron chi connectivity index (χ1n) is 11.1. The number of hydrogen-bond donors (Lipinski definition) is 1. The zero-order valence-corrected chi connectivity index (χ0v) is 20.3. The van der Waals surface area contributed by atoms with Gasteiger partial charge in [-0.25, -0.2) is 12.7 Å². The van der Waals surface area contributed by atoms with Crippen LogP contribution in [0.3, 0.4) is 0 Å². The first-order chi connectivity index (χ1) is 15.8. The van der Waals surface area contributed by atoms with Crippen LogP contribution in [-0.4, -0.2) is 31.7 Å². The van der Waals surface area contributed by atoms with Crippen molar-refractivity contribution in [2.75, 3.05) is 18.4 Å². The van der Waals surface area contributed by atoms with Crippen molar-refractivity contribution >= 4 is 55.6 Å². The molecule has 0 spiro atoms. The van der Waals surface area contributed by atoms with E-state index in [0.717, 1.165) is 23.9 Å². The molecule has 0 atom stereocenters. The van der Waals surface area contributed by atoms with Crippen molar-refractivity contribution in [1.82, 2.24) is 4.31 Å². The highest BCUT2D eigenvalue weighted by molar-refractivity contribution is 7.88. The van der Waals surface area contributed by atoms with E-state index in [-0.39, 0.29) is 17.6 Å². The van der Waals surface area contributed by atoms with E-state index in [4.69, 9.17) is 23.2 Å². The van der Waals surface area contributed by atoms with Crippen LogP contribution in [0.15, 0.2) is 48.5 Å². The van der Waals surface area contributed by atoms with Gasteiger partial charge in [0.05, 0.1) is 5.75 Å². The Morgan fingerprint density at radius 1 is 1.00 bits per heavy atom. The van der Waals surface area contributed by atoms with E-state index in [1.54, 1.807) is 18.2 Å². The number of sulfonamides is 1. The lowest BCUT2D eigenvalue weighted by atomic mass is 9.96. The van der Waals surface area contributed by atoms with Gasteiger partial charge >= 0.3 is 0 Å². The molecule has 33 heavy (non-hydrogen) atoms. The normalized spacial score (nSPS) is 16.9. The number of halogens is 2. The van der Waals surface area contributed by atoms with Crippen molar-refractivity contribution in [2.24, 2.45) is 5.92 Å². The summed E-state index contributed by atoms with van der Waals surface area (Å²) in [6.45, 7) is 0.630. The summed E-state index contributed by atoms with van der Waals surface area (Å²) in [7, 11) is -3.54. The zero-order valence-electron chi connectivity index (χ0n) is 18.0. The quantitative estimate of drug-likeness (QED) is 0.505. The Hall–Kier alpha value is -2.12. The second-order valence-corrected chi connectivity index (χ2v) is 11.6. The molecule has 3 aromatic carbocycles. The topological polar surface area (TPSA) is 66.5 Å². The molecule has 1 fully saturated rings. The van der Waals surface area contributed by atoms with Gasteiger partial charge in [0.25, 0.3) is 0 Å². The van der Waals surface area contributed by atoms with Crippen LogP contribution in [0.5, 0.6) is 0 Å². The molecule has 172 valence electrons. The maximum absolute atomic E-state index is 13.0. The fourth-order valence-electron chi connectivity index (χ4n) is 4.91. The van der Waals surface area contributed by atoms with Crippen LogP contribution < -0.4 is 5.32 Å². The first kappa shape index (κ1) is 22.7. The fourth-order valence-corrected chi connectivity index (χ4v) is 7.06. The summed E-state index contributed by atoms with van der Waals surface area (Å²) in [5.74, 6) is -0.453. The molecule has 0 unspecified atom stereocenters. The largest absolute Gasteiger partial charge is 0.325 e. The maximum Gasteiger partial charge on any atom is 0.227 e. The third-order valence-electron chi connectivity index (χ3n) is 6.71. The Labute approximate surface area is 203 Å². The van der Waals surface area contributed by atoms with Crippen molar-refractivity contribution in [3.05, 3.63) is 75.3 Å². The minimum atomic E-state index is -3.54. The highest BCUT2D eigenvalue weighted by Crippen LogP contribution is 2.35. The number of nitrogens with one attached hydrogen (secondary N) is 1. The number of amides is 1. The van der Waals surface area contributed by atoms with Gasteiger partial charge in [0, 0.05) is 40.1 Å². The van der Waals surface area contributed by atoms with Crippen molar-refractivity contribution < 1.29 is 13.2 Å². The second-order valence-electron chi connectivity index (χ2n) is 8.77. The molecule has 1 heterocycles. The van der Waals surface area contributed by atoms with E-state index in [9.17, 15) is 13.2 Å². The van der Waals surface area contributed by atoms with Crippen molar-refractivity contribution in [3.8, 4) is 0 Å². The third kappa shape index (κ3) is 4.50. The lowest BCUT2D eigenvalue weighted by Crippen LogP contribution is -2.41. The van der Waals surface area contributed by atoms with Crippen molar-refractivity contribution in [2.45, 2.75) is 31.4 Å². The van der Waals surface area contributed by atoms with E-state index < -0.39 is 10.0 Å². The smallest absolute Gasteiger partial charge is 0.227 e. The third-order valence-corrected chi connectivity index (χ3v) is 9.12. The molecule has 1 N–H and O–H groups in total. The minimum absolute atomic E-state index is 0.0495. The summed E-state index contributed by atoms with van der Waals surface area (Å²) in [5, 5.41) is 6.25. The Bertz CT molecular complexity index is 1340. The van der Waals surface area contributed by atoms with Crippen molar-refractivity contribution in [1.29, 1.82) is 0 Å². The predicted molar refractivity (Wildman–Crippen MR) is 133 cm³/mol. The van der Waals surface area contributed by atoms with Crippen LogP contribution in [0.25, 0.3) is 10.8 Å². The molecule has 1 saturated heterocycles. The van der Waals surface area contributed by atoms with Crippen LogP contribution in [0.2, 0.25) is 10.0 Å². The van der Waals surface area contributed by atoms with Crippen LogP contribution >= 0.6 is 23.2 Å². The van der Waals surface area contributed by atoms with Gasteiger partial charge in [-0.3, -0.25) is 4.79 Å². The number of anilines is 1. The van der Waals surface area contributed by atoms with Crippen LogP contribution in [-0.2, 0) is 33.4 Å². The number of rotatable bonds is 5. The number of nitrogens with zero attached hydrogens (tertiary/aromatic N) is 1. The first-order valence-corrected chi connectivity index (χ1v) is 13.4. The van der Waals surface area contributed by atoms with Crippen LogP contribution in [0.4, 0.5) is 5.69 Å². The molecule has 1 aliphatic carbocycles. The Morgan fingerprint density at radius 2 is 1.73 bits per heavy atom. The van der Waals surface area contributed by atoms with E-state index in [0.29, 0.717) is 41.5 Å². The van der Waals surface area contributed by atoms with E-state index in [1.807, 2.05) is 12.1 Å². The SMILES string of the molecule is O=C(Nc1ccc2c3c(cccc13)CC2)C1CCN(S(=O)(=O)Cc2ccc(Cl)cc2Cl)CC1. The molecule has 0 bridgehead atoms. The summed E-state index contributed by atoms with van der Waals surface area (Å²) >= 11 is 12.1. The van der Waals surface area contributed by atoms with Crippen molar-refractivity contribution in [3.63, 3.8) is 0 Å². The molecule has 2 aliphatic rings. The number of aryl methyl sites for hydroxylation is 2. The lowest BCUT2D eigenvalue weighted by molar-refractivity contribution is -0.120. The summed E-state index contributed by atoms with van der Waals surface area (Å²) in [6, 6.07) is 15.2. The summed E-state index contributed by atoms with van der Waals surface area (Å²) in [4.78, 5) is 13.0. The van der Waals surface area contributed by atoms with Gasteiger partial charge in [-0.15, -0.1) is 0 Å². The Balaban J connectivity index is 1.24. The number of benzene rings is 3. The van der Waals surface area contributed by atoms with Gasteiger partial charge in [-0.1, -0.05) is 53.5 Å². The monoisotopic (exact) mass is 502 g/mol. The molecular formula is C25H24Cl2N2O3S. The maximum atomic E-state index is 13.0. The standard InChI is InChI=1S/C25H24Cl2N2O3S/c26-20-8-6-19(22(27)14-20)15-33(31,32)29-12-10-18(11-13-29)25(30)28-23-9-7-17-5-4-16-2-1-3-21(23)24(16)17/h1-3,6-9,14,18H,4-5,10-13,15H2,(H,28,30). The average molecular weight is 503 g/mol. The van der Waals surface area contributed by atoms with E-state index in [2.05, 4.69) is 23.5 Å². The predicted octanol–water partition coefficient (Wildman–Crippen LogP) is 5.43. The summed E-state index contributed by atoms with van der Waals surface area (Å²) in [6.07, 6.45) is 3.05. The molecule has 0 aromatic heterocycles. The Kier molecular flexibility index (Phi) is 6.12. The molecule has 5 rings (SSSR count). The Morgan fingerprint density at radius 3 is 2.45 bits per heavy atom. The van der Waals surface area contributed by atoms with Crippen LogP contribution in [0.1, 0.15) is 29.5 Å². The van der Waals surface area contributed by atoms with Crippen LogP contribution in [0, 0.1) is 5.92 Å². The molecule has 5 nitrogen and oxygen atoms in total. The fraction of sp³-hybridized carbons (Fsp3) is 0.320. The molecule has 0 saturated carbocycles. The highest BCUT2D eigenvalue weighted by Gasteiger charge is 2.32. The molecule has 1 amide bonds. The number of carbonyl (C=O) groups is 1. The van der Waals surface area contributed by atoms with E-state index >= 15 is 0 Å². The van der Waals surface area contributed by atoms with E-state index in [1.165, 1.54) is 20.8 Å². The number of carbonyl (C=O) groups excluding carboxylic acids is 1. The van der Waals surface area contributed by atoms with Gasteiger partial charge in [0.1, 0.15) is 0 Å². The van der Waals surface area contributed by atoms with Gasteiger partial charge in [0.15, 0.2) is 0 Å². The highest BCUT2D eigenvalue weighted by atomic mass is 35.5. The average Bonchev–Trinajstić information content (AvgIpc) is 3.22. The van der Waals surface area contributed by atoms with Gasteiger partial charge in [-0.2, -0.15) is 0 Å². The minimum Gasteiger partial charge on any atom is -0.325 e. The number of hydrogen-bond acceptors (Lipinski definition) is 3. The molecule has 8 heteroatoms. The summed E-state index contributed by atoms with van der Waals surface area (Å²) in [5.41, 5.74) is 4.01.